The van der Waals surface area contributed by atoms with Gasteiger partial charge in [0, 0.05) is 11.6 Å². The van der Waals surface area contributed by atoms with Crippen LogP contribution in [0.3, 0.4) is 0 Å². The van der Waals surface area contributed by atoms with Crippen LogP contribution in [0.2, 0.25) is 0 Å². The first-order valence-corrected chi connectivity index (χ1v) is 12.6. The van der Waals surface area contributed by atoms with Gasteiger partial charge in [-0.05, 0) is 87.8 Å². The van der Waals surface area contributed by atoms with Crippen molar-refractivity contribution >= 4 is 0 Å². The highest BCUT2D eigenvalue weighted by molar-refractivity contribution is 5.51. The summed E-state index contributed by atoms with van der Waals surface area (Å²) in [6, 6.07) is 14.9. The first kappa shape index (κ1) is 24.6. The Morgan fingerprint density at radius 1 is 0.938 bits per heavy atom. The van der Waals surface area contributed by atoms with Gasteiger partial charge in [-0.2, -0.15) is 0 Å². The fraction of sp³-hybridized carbons (Fsp3) is 0.571. The van der Waals surface area contributed by atoms with Gasteiger partial charge in [-0.15, -0.1) is 0 Å². The average molecular weight is 439 g/mol. The van der Waals surface area contributed by atoms with Crippen LogP contribution in [0.5, 0.6) is 11.5 Å². The number of phenolic OH excluding ortho intramolecular Hbond substituents is 2. The van der Waals surface area contributed by atoms with Crippen molar-refractivity contribution in [1.82, 2.24) is 10.2 Å². The third-order valence-electron chi connectivity index (χ3n) is 7.02. The van der Waals surface area contributed by atoms with Gasteiger partial charge in [0.25, 0.3) is 0 Å². The molecule has 2 atom stereocenters. The van der Waals surface area contributed by atoms with Crippen LogP contribution in [0.4, 0.5) is 0 Å². The van der Waals surface area contributed by atoms with Gasteiger partial charge in [-0.3, -0.25) is 4.90 Å². The number of hydrogen-bond donors (Lipinski definition) is 3. The lowest BCUT2D eigenvalue weighted by Crippen LogP contribution is -2.42. The van der Waals surface area contributed by atoms with Gasteiger partial charge in [0.15, 0.2) is 11.5 Å². The lowest BCUT2D eigenvalue weighted by molar-refractivity contribution is 0.155. The van der Waals surface area contributed by atoms with Gasteiger partial charge >= 0.3 is 0 Å². The van der Waals surface area contributed by atoms with E-state index in [-0.39, 0.29) is 11.5 Å². The Morgan fingerprint density at radius 3 is 2.50 bits per heavy atom. The molecule has 0 aromatic heterocycles. The third kappa shape index (κ3) is 6.73. The molecular formula is C28H42N2O2. The van der Waals surface area contributed by atoms with E-state index in [0.29, 0.717) is 12.0 Å². The molecule has 2 aromatic rings. The molecule has 0 spiro atoms. The van der Waals surface area contributed by atoms with Crippen LogP contribution in [-0.2, 0) is 12.8 Å². The molecule has 1 unspecified atom stereocenters. The lowest BCUT2D eigenvalue weighted by atomic mass is 9.79. The molecule has 0 aliphatic heterocycles. The number of unbranched alkanes of at least 4 members (excludes halogenated alkanes) is 3. The minimum absolute atomic E-state index is 0.00868. The number of hydrogen-bond acceptors (Lipinski definition) is 4. The van der Waals surface area contributed by atoms with Crippen molar-refractivity contribution in [3.63, 3.8) is 0 Å². The van der Waals surface area contributed by atoms with Gasteiger partial charge in [-0.1, -0.05) is 63.1 Å². The van der Waals surface area contributed by atoms with Crippen LogP contribution in [0.1, 0.15) is 75.0 Å². The van der Waals surface area contributed by atoms with Crippen molar-refractivity contribution in [2.75, 3.05) is 26.2 Å². The number of phenols is 2. The molecule has 0 saturated heterocycles. The molecule has 3 N–H and O–H groups in total. The molecule has 1 aliphatic carbocycles. The molecule has 4 heteroatoms. The quantitative estimate of drug-likeness (QED) is 0.281. The highest BCUT2D eigenvalue weighted by Crippen LogP contribution is 2.42. The molecule has 0 fully saturated rings. The van der Waals surface area contributed by atoms with Gasteiger partial charge in [0.05, 0.1) is 0 Å². The number of fused-ring (bicyclic) bond motifs is 1. The van der Waals surface area contributed by atoms with Crippen molar-refractivity contribution in [2.24, 2.45) is 0 Å². The number of nitrogens with one attached hydrogen (secondary N) is 1. The van der Waals surface area contributed by atoms with Crippen molar-refractivity contribution < 1.29 is 10.2 Å². The van der Waals surface area contributed by atoms with E-state index in [9.17, 15) is 10.2 Å². The van der Waals surface area contributed by atoms with Crippen LogP contribution in [0.25, 0.3) is 0 Å². The van der Waals surface area contributed by atoms with E-state index in [1.807, 2.05) is 6.07 Å². The predicted molar refractivity (Wildman–Crippen MR) is 134 cm³/mol. The van der Waals surface area contributed by atoms with Crippen LogP contribution in [-0.4, -0.2) is 47.3 Å². The number of nitrogens with zero attached hydrogens (tertiary/aromatic N) is 1. The monoisotopic (exact) mass is 438 g/mol. The fourth-order valence-corrected chi connectivity index (χ4v) is 5.23. The van der Waals surface area contributed by atoms with Gasteiger partial charge in [0.1, 0.15) is 0 Å². The second-order valence-electron chi connectivity index (χ2n) is 9.33. The van der Waals surface area contributed by atoms with E-state index in [1.165, 1.54) is 43.2 Å². The van der Waals surface area contributed by atoms with Gasteiger partial charge in [-0.25, -0.2) is 0 Å². The van der Waals surface area contributed by atoms with Gasteiger partial charge < -0.3 is 15.5 Å². The SMILES string of the molecule is CCCN(CCCCCCNCCc1ccccc1)C1CCc2c(ccc(O)c2O)[C@@H]1C. The zero-order chi connectivity index (χ0) is 22.8. The Kier molecular flexibility index (Phi) is 9.89. The number of benzene rings is 2. The molecule has 2 aromatic carbocycles. The molecule has 0 bridgehead atoms. The Bertz CT molecular complexity index is 809. The molecule has 3 rings (SSSR count). The zero-order valence-corrected chi connectivity index (χ0v) is 20.0. The maximum absolute atomic E-state index is 10.3. The normalized spacial score (nSPS) is 18.1. The highest BCUT2D eigenvalue weighted by atomic mass is 16.3. The van der Waals surface area contributed by atoms with Crippen LogP contribution in [0, 0.1) is 0 Å². The van der Waals surface area contributed by atoms with E-state index < -0.39 is 0 Å². The first-order valence-electron chi connectivity index (χ1n) is 12.6. The lowest BCUT2D eigenvalue weighted by Gasteiger charge is -2.40. The topological polar surface area (TPSA) is 55.7 Å². The summed E-state index contributed by atoms with van der Waals surface area (Å²) in [6.45, 7) is 9.00. The zero-order valence-electron chi connectivity index (χ0n) is 20.0. The van der Waals surface area contributed by atoms with Crippen molar-refractivity contribution in [3.05, 3.63) is 59.2 Å². The molecule has 4 nitrogen and oxygen atoms in total. The summed E-state index contributed by atoms with van der Waals surface area (Å²) in [5.74, 6) is 0.479. The second-order valence-corrected chi connectivity index (χ2v) is 9.33. The van der Waals surface area contributed by atoms with Crippen LogP contribution >= 0.6 is 0 Å². The fourth-order valence-electron chi connectivity index (χ4n) is 5.23. The van der Waals surface area contributed by atoms with E-state index in [4.69, 9.17) is 0 Å². The molecule has 0 radical (unpaired) electrons. The Balaban J connectivity index is 1.36. The summed E-state index contributed by atoms with van der Waals surface area (Å²) in [7, 11) is 0. The Hall–Kier alpha value is -2.04. The number of rotatable bonds is 13. The summed E-state index contributed by atoms with van der Waals surface area (Å²) in [4.78, 5) is 2.68. The first-order chi connectivity index (χ1) is 15.6. The average Bonchev–Trinajstić information content (AvgIpc) is 2.81. The third-order valence-corrected chi connectivity index (χ3v) is 7.02. The van der Waals surface area contributed by atoms with E-state index in [0.717, 1.165) is 51.0 Å². The molecule has 32 heavy (non-hydrogen) atoms. The minimum Gasteiger partial charge on any atom is -0.504 e. The maximum Gasteiger partial charge on any atom is 0.160 e. The highest BCUT2D eigenvalue weighted by Gasteiger charge is 2.32. The van der Waals surface area contributed by atoms with E-state index in [1.54, 1.807) is 6.07 Å². The van der Waals surface area contributed by atoms with Crippen molar-refractivity contribution in [1.29, 1.82) is 0 Å². The maximum atomic E-state index is 10.3. The molecule has 0 amide bonds. The summed E-state index contributed by atoms with van der Waals surface area (Å²) in [5.41, 5.74) is 3.56. The summed E-state index contributed by atoms with van der Waals surface area (Å²) < 4.78 is 0. The minimum atomic E-state index is 0.00868. The van der Waals surface area contributed by atoms with Crippen molar-refractivity contribution in [2.45, 2.75) is 77.2 Å². The smallest absolute Gasteiger partial charge is 0.160 e. The molecule has 0 saturated carbocycles. The van der Waals surface area contributed by atoms with E-state index in [2.05, 4.69) is 54.4 Å². The Morgan fingerprint density at radius 2 is 1.72 bits per heavy atom. The summed E-state index contributed by atoms with van der Waals surface area (Å²) in [6.07, 6.45) is 9.24. The predicted octanol–water partition coefficient (Wildman–Crippen LogP) is 5.62. The van der Waals surface area contributed by atoms with Gasteiger partial charge in [0.2, 0.25) is 0 Å². The summed E-state index contributed by atoms with van der Waals surface area (Å²) >= 11 is 0. The van der Waals surface area contributed by atoms with Crippen molar-refractivity contribution in [3.8, 4) is 11.5 Å². The summed E-state index contributed by atoms with van der Waals surface area (Å²) in [5, 5.41) is 23.7. The Labute approximate surface area is 194 Å². The number of aromatic hydroxyl groups is 2. The van der Waals surface area contributed by atoms with E-state index >= 15 is 0 Å². The van der Waals surface area contributed by atoms with Crippen LogP contribution < -0.4 is 5.32 Å². The molecule has 1 aliphatic rings. The van der Waals surface area contributed by atoms with Crippen LogP contribution in [0.15, 0.2) is 42.5 Å². The molecular weight excluding hydrogens is 396 g/mol. The largest absolute Gasteiger partial charge is 0.504 e. The second kappa shape index (κ2) is 12.9. The standard InChI is InChI=1S/C28H42N2O2/c1-3-20-30(26-15-13-25-24(22(26)2)14-16-27(31)28(25)32)21-10-5-4-9-18-29-19-17-23-11-7-6-8-12-23/h6-8,11-12,14,16,22,26,29,31-32H,3-5,9-10,13,15,17-21H2,1-2H3/t22-,26?/m0/s1. The molecule has 0 heterocycles. The molecule has 176 valence electrons.